The maximum Gasteiger partial charge on any atom is 0.309 e. The van der Waals surface area contributed by atoms with Crippen LogP contribution in [0.3, 0.4) is 0 Å². The molecule has 156 valence electrons. The fraction of sp³-hybridized carbons (Fsp3) is 0.958. The van der Waals surface area contributed by atoms with Gasteiger partial charge >= 0.3 is 5.97 Å². The van der Waals surface area contributed by atoms with Crippen LogP contribution >= 0.6 is 0 Å². The fourth-order valence-corrected chi connectivity index (χ4v) is 6.11. The lowest BCUT2D eigenvalue weighted by Gasteiger charge is -2.38. The van der Waals surface area contributed by atoms with Crippen LogP contribution in [0, 0.1) is 29.6 Å². The van der Waals surface area contributed by atoms with Crippen molar-refractivity contribution in [1.82, 2.24) is 0 Å². The normalized spacial score (nSPS) is 40.5. The average Bonchev–Trinajstić information content (AvgIpc) is 2.70. The van der Waals surface area contributed by atoms with E-state index in [0.717, 1.165) is 49.9 Å². The Kier molecular flexibility index (Phi) is 8.02. The van der Waals surface area contributed by atoms with E-state index in [2.05, 4.69) is 13.8 Å². The van der Waals surface area contributed by atoms with Gasteiger partial charge in [-0.1, -0.05) is 46.0 Å². The Morgan fingerprint density at radius 3 is 2.00 bits per heavy atom. The van der Waals surface area contributed by atoms with Gasteiger partial charge in [0.2, 0.25) is 0 Å². The molecule has 27 heavy (non-hydrogen) atoms. The number of rotatable bonds is 6. The van der Waals surface area contributed by atoms with Gasteiger partial charge in [0.15, 0.2) is 0 Å². The summed E-state index contributed by atoms with van der Waals surface area (Å²) in [6, 6.07) is 0. The Balaban J connectivity index is 1.39. The van der Waals surface area contributed by atoms with Crippen molar-refractivity contribution in [3.05, 3.63) is 0 Å². The number of alkyl halides is 1. The van der Waals surface area contributed by atoms with Crippen molar-refractivity contribution >= 4 is 5.97 Å². The zero-order valence-corrected chi connectivity index (χ0v) is 17.6. The van der Waals surface area contributed by atoms with Gasteiger partial charge in [0.25, 0.3) is 0 Å². The molecule has 3 rings (SSSR count). The summed E-state index contributed by atoms with van der Waals surface area (Å²) in [5.74, 6) is 3.05. The molecule has 3 aliphatic carbocycles. The van der Waals surface area contributed by atoms with E-state index in [9.17, 15) is 9.18 Å². The summed E-state index contributed by atoms with van der Waals surface area (Å²) in [4.78, 5) is 12.6. The van der Waals surface area contributed by atoms with E-state index in [0.29, 0.717) is 18.8 Å². The zero-order chi connectivity index (χ0) is 19.2. The zero-order valence-electron chi connectivity index (χ0n) is 17.6. The van der Waals surface area contributed by atoms with E-state index in [1.807, 2.05) is 0 Å². The number of hydrogen-bond acceptors (Lipinski definition) is 2. The van der Waals surface area contributed by atoms with E-state index in [4.69, 9.17) is 4.74 Å². The van der Waals surface area contributed by atoms with Crippen LogP contribution in [0.4, 0.5) is 4.39 Å². The molecule has 3 aliphatic rings. The minimum Gasteiger partial charge on any atom is -0.459 e. The van der Waals surface area contributed by atoms with Crippen LogP contribution in [-0.2, 0) is 9.53 Å². The number of esters is 1. The molecule has 2 nitrogen and oxygen atoms in total. The van der Waals surface area contributed by atoms with Crippen LogP contribution < -0.4 is 0 Å². The summed E-state index contributed by atoms with van der Waals surface area (Å²) in [5.41, 5.74) is 0. The summed E-state index contributed by atoms with van der Waals surface area (Å²) < 4.78 is 20.1. The van der Waals surface area contributed by atoms with Crippen LogP contribution in [0.25, 0.3) is 0 Å². The van der Waals surface area contributed by atoms with Gasteiger partial charge in [0, 0.05) is 0 Å². The third-order valence-corrected chi connectivity index (χ3v) is 8.03. The van der Waals surface area contributed by atoms with Gasteiger partial charge in [0.05, 0.1) is 5.92 Å². The first-order valence-electron chi connectivity index (χ1n) is 11.9. The highest BCUT2D eigenvalue weighted by Crippen LogP contribution is 2.42. The largest absolute Gasteiger partial charge is 0.459 e. The van der Waals surface area contributed by atoms with Crippen molar-refractivity contribution in [3.8, 4) is 0 Å². The molecule has 0 aromatic carbocycles. The SMILES string of the molecule is CCCC1CCC(OC(=O)C2CCC(C3CCC(CC)CC3)CC2)C(F)C1. The molecule has 0 aliphatic heterocycles. The van der Waals surface area contributed by atoms with Crippen molar-refractivity contribution in [1.29, 1.82) is 0 Å². The fourth-order valence-electron chi connectivity index (χ4n) is 6.11. The number of ether oxygens (including phenoxy) is 1. The Morgan fingerprint density at radius 1 is 0.852 bits per heavy atom. The van der Waals surface area contributed by atoms with Gasteiger partial charge in [-0.05, 0) is 81.5 Å². The molecule has 3 atom stereocenters. The maximum absolute atomic E-state index is 14.4. The highest BCUT2D eigenvalue weighted by molar-refractivity contribution is 5.72. The van der Waals surface area contributed by atoms with E-state index in [-0.39, 0.29) is 11.9 Å². The molecular weight excluding hydrogens is 339 g/mol. The monoisotopic (exact) mass is 380 g/mol. The lowest BCUT2D eigenvalue weighted by molar-refractivity contribution is -0.162. The first-order valence-corrected chi connectivity index (χ1v) is 11.9. The minimum absolute atomic E-state index is 0.0220. The summed E-state index contributed by atoms with van der Waals surface area (Å²) in [6.07, 6.45) is 14.3. The predicted molar refractivity (Wildman–Crippen MR) is 108 cm³/mol. The third-order valence-electron chi connectivity index (χ3n) is 8.03. The van der Waals surface area contributed by atoms with Crippen LogP contribution in [0.5, 0.6) is 0 Å². The van der Waals surface area contributed by atoms with Gasteiger partial charge in [-0.15, -0.1) is 0 Å². The molecule has 0 heterocycles. The predicted octanol–water partition coefficient (Wildman–Crippen LogP) is 6.86. The number of hydrogen-bond donors (Lipinski definition) is 0. The Labute approximate surface area is 166 Å². The van der Waals surface area contributed by atoms with Crippen molar-refractivity contribution in [2.24, 2.45) is 29.6 Å². The second kappa shape index (κ2) is 10.3. The summed E-state index contributed by atoms with van der Waals surface area (Å²) in [6.45, 7) is 4.48. The topological polar surface area (TPSA) is 26.3 Å². The Bertz CT molecular complexity index is 449. The van der Waals surface area contributed by atoms with Crippen LogP contribution in [0.1, 0.15) is 104 Å². The highest BCUT2D eigenvalue weighted by Gasteiger charge is 2.37. The number of carbonyl (C=O) groups is 1. The summed E-state index contributed by atoms with van der Waals surface area (Å²) in [5, 5.41) is 0. The van der Waals surface area contributed by atoms with Crippen LogP contribution in [0.2, 0.25) is 0 Å². The summed E-state index contributed by atoms with van der Waals surface area (Å²) >= 11 is 0. The van der Waals surface area contributed by atoms with Crippen LogP contribution in [0.15, 0.2) is 0 Å². The lowest BCUT2D eigenvalue weighted by atomic mass is 9.69. The van der Waals surface area contributed by atoms with Gasteiger partial charge in [0.1, 0.15) is 12.3 Å². The number of carbonyl (C=O) groups excluding carboxylic acids is 1. The standard InChI is InChI=1S/C24H41FO2/c1-3-5-18-8-15-23(22(25)16-18)27-24(26)21-13-11-20(12-14-21)19-9-6-17(4-2)7-10-19/h17-23H,3-16H2,1-2H3. The molecule has 3 unspecified atom stereocenters. The van der Waals surface area contributed by atoms with Gasteiger partial charge < -0.3 is 4.74 Å². The van der Waals surface area contributed by atoms with E-state index < -0.39 is 12.3 Å². The molecule has 3 fully saturated rings. The van der Waals surface area contributed by atoms with E-state index in [1.54, 1.807) is 0 Å². The number of halogens is 1. The lowest BCUT2D eigenvalue weighted by Crippen LogP contribution is -2.37. The molecular formula is C24H41FO2. The molecule has 3 heteroatoms. The van der Waals surface area contributed by atoms with E-state index in [1.165, 1.54) is 44.9 Å². The van der Waals surface area contributed by atoms with Crippen molar-refractivity contribution in [2.45, 2.75) is 116 Å². The molecule has 0 spiro atoms. The smallest absolute Gasteiger partial charge is 0.309 e. The van der Waals surface area contributed by atoms with Gasteiger partial charge in [-0.2, -0.15) is 0 Å². The third kappa shape index (κ3) is 5.70. The van der Waals surface area contributed by atoms with Crippen molar-refractivity contribution in [3.63, 3.8) is 0 Å². The maximum atomic E-state index is 14.4. The Morgan fingerprint density at radius 2 is 1.44 bits per heavy atom. The quantitative estimate of drug-likeness (QED) is 0.470. The molecule has 3 saturated carbocycles. The average molecular weight is 381 g/mol. The second-order valence-electron chi connectivity index (χ2n) is 9.76. The highest BCUT2D eigenvalue weighted by atomic mass is 19.1. The molecule has 0 aromatic heterocycles. The second-order valence-corrected chi connectivity index (χ2v) is 9.76. The molecule has 0 amide bonds. The molecule has 0 N–H and O–H groups in total. The molecule has 0 aromatic rings. The van der Waals surface area contributed by atoms with Crippen molar-refractivity contribution < 1.29 is 13.9 Å². The van der Waals surface area contributed by atoms with E-state index >= 15 is 0 Å². The van der Waals surface area contributed by atoms with Crippen LogP contribution in [-0.4, -0.2) is 18.2 Å². The Hall–Kier alpha value is -0.600. The molecule has 0 bridgehead atoms. The van der Waals surface area contributed by atoms with Crippen molar-refractivity contribution in [2.75, 3.05) is 0 Å². The first kappa shape index (κ1) is 21.1. The summed E-state index contributed by atoms with van der Waals surface area (Å²) in [7, 11) is 0. The molecule has 0 saturated heterocycles. The minimum atomic E-state index is -0.954. The van der Waals surface area contributed by atoms with Gasteiger partial charge in [-0.25, -0.2) is 4.39 Å². The first-order chi connectivity index (χ1) is 13.1. The van der Waals surface area contributed by atoms with Gasteiger partial charge in [-0.3, -0.25) is 4.79 Å². The molecule has 0 radical (unpaired) electrons.